The van der Waals surface area contributed by atoms with Crippen LogP contribution in [0.2, 0.25) is 0 Å². The van der Waals surface area contributed by atoms with Gasteiger partial charge in [0.2, 0.25) is 0 Å². The van der Waals surface area contributed by atoms with Crippen LogP contribution in [0.3, 0.4) is 0 Å². The molecule has 0 spiro atoms. The molecule has 5 heteroatoms. The molecule has 0 unspecified atom stereocenters. The zero-order valence-corrected chi connectivity index (χ0v) is 16.6. The summed E-state index contributed by atoms with van der Waals surface area (Å²) in [7, 11) is 0. The molecule has 0 radical (unpaired) electrons. The van der Waals surface area contributed by atoms with Gasteiger partial charge in [0.05, 0.1) is 5.56 Å². The standard InChI is InChI=1S/C24H20FNO2S/c25-19-6-8-20(9-7-19)29-21-10-11-22-16(2-1-3-17(22)14-21)4-5-18-15-26-13-12-23(18)24(27)28/h2,6-15H,1,3-5H2,(H,27,28). The van der Waals surface area contributed by atoms with Crippen LogP contribution < -0.4 is 0 Å². The van der Waals surface area contributed by atoms with E-state index in [1.807, 2.05) is 0 Å². The number of aromatic nitrogens is 1. The Morgan fingerprint density at radius 3 is 2.66 bits per heavy atom. The summed E-state index contributed by atoms with van der Waals surface area (Å²) in [5, 5.41) is 9.36. The number of hydrogen-bond donors (Lipinski definition) is 1. The summed E-state index contributed by atoms with van der Waals surface area (Å²) in [4.78, 5) is 17.6. The maximum Gasteiger partial charge on any atom is 0.336 e. The SMILES string of the molecule is O=C(O)c1ccncc1CCC1=CCCc2cc(Sc3ccc(F)cc3)ccc21. The average Bonchev–Trinajstić information content (AvgIpc) is 2.74. The van der Waals surface area contributed by atoms with E-state index in [2.05, 4.69) is 29.3 Å². The topological polar surface area (TPSA) is 50.2 Å². The van der Waals surface area contributed by atoms with Gasteiger partial charge in [-0.25, -0.2) is 9.18 Å². The van der Waals surface area contributed by atoms with Crippen molar-refractivity contribution in [2.24, 2.45) is 0 Å². The number of carboxylic acid groups (broad SMARTS) is 1. The van der Waals surface area contributed by atoms with Crippen molar-refractivity contribution < 1.29 is 14.3 Å². The molecule has 29 heavy (non-hydrogen) atoms. The van der Waals surface area contributed by atoms with Gasteiger partial charge < -0.3 is 5.11 Å². The predicted octanol–water partition coefficient (Wildman–Crippen LogP) is 6.03. The first kappa shape index (κ1) is 19.4. The van der Waals surface area contributed by atoms with Crippen molar-refractivity contribution in [3.63, 3.8) is 0 Å². The summed E-state index contributed by atoms with van der Waals surface area (Å²) in [5.41, 5.74) is 4.88. The molecule has 1 aromatic heterocycles. The van der Waals surface area contributed by atoms with Crippen molar-refractivity contribution >= 4 is 23.3 Å². The molecule has 2 aromatic carbocycles. The van der Waals surface area contributed by atoms with E-state index in [0.717, 1.165) is 34.6 Å². The van der Waals surface area contributed by atoms with Gasteiger partial charge in [0.15, 0.2) is 0 Å². The Balaban J connectivity index is 1.50. The zero-order valence-electron chi connectivity index (χ0n) is 15.8. The first-order valence-electron chi connectivity index (χ1n) is 9.52. The highest BCUT2D eigenvalue weighted by Gasteiger charge is 2.15. The third kappa shape index (κ3) is 4.57. The Morgan fingerprint density at radius 2 is 1.86 bits per heavy atom. The Labute approximate surface area is 173 Å². The lowest BCUT2D eigenvalue weighted by atomic mass is 9.87. The lowest BCUT2D eigenvalue weighted by Crippen LogP contribution is -2.05. The van der Waals surface area contributed by atoms with Crippen LogP contribution in [0.5, 0.6) is 0 Å². The van der Waals surface area contributed by atoms with Crippen LogP contribution in [0.15, 0.2) is 76.8 Å². The third-order valence-electron chi connectivity index (χ3n) is 5.07. The van der Waals surface area contributed by atoms with Gasteiger partial charge in [-0.1, -0.05) is 23.9 Å². The molecule has 0 saturated heterocycles. The Bertz CT molecular complexity index is 1080. The number of halogens is 1. The quantitative estimate of drug-likeness (QED) is 0.544. The van der Waals surface area contributed by atoms with Crippen LogP contribution in [0.25, 0.3) is 5.57 Å². The number of nitrogens with zero attached hydrogens (tertiary/aromatic N) is 1. The van der Waals surface area contributed by atoms with E-state index in [4.69, 9.17) is 0 Å². The molecule has 1 heterocycles. The summed E-state index contributed by atoms with van der Waals surface area (Å²) in [6, 6.07) is 14.5. The molecule has 146 valence electrons. The first-order valence-corrected chi connectivity index (χ1v) is 10.3. The average molecular weight is 405 g/mol. The number of benzene rings is 2. The van der Waals surface area contributed by atoms with Gasteiger partial charge in [0.1, 0.15) is 5.82 Å². The molecule has 1 aliphatic carbocycles. The van der Waals surface area contributed by atoms with Crippen molar-refractivity contribution in [1.29, 1.82) is 0 Å². The second-order valence-electron chi connectivity index (χ2n) is 6.98. The number of aromatic carboxylic acids is 1. The van der Waals surface area contributed by atoms with Crippen molar-refractivity contribution in [3.05, 3.63) is 95.1 Å². The fourth-order valence-electron chi connectivity index (χ4n) is 3.65. The number of aryl methyl sites for hydroxylation is 2. The van der Waals surface area contributed by atoms with Gasteiger partial charge in [0, 0.05) is 22.2 Å². The van der Waals surface area contributed by atoms with Crippen LogP contribution in [0.1, 0.15) is 39.9 Å². The van der Waals surface area contributed by atoms with Crippen molar-refractivity contribution in [2.75, 3.05) is 0 Å². The molecule has 1 aliphatic rings. The Hall–Kier alpha value is -2.92. The predicted molar refractivity (Wildman–Crippen MR) is 113 cm³/mol. The van der Waals surface area contributed by atoms with Crippen LogP contribution in [0.4, 0.5) is 4.39 Å². The van der Waals surface area contributed by atoms with E-state index in [-0.39, 0.29) is 5.82 Å². The molecule has 0 saturated carbocycles. The number of carbonyl (C=O) groups is 1. The number of hydrogen-bond acceptors (Lipinski definition) is 3. The number of rotatable bonds is 6. The lowest BCUT2D eigenvalue weighted by molar-refractivity contribution is 0.0695. The molecule has 4 rings (SSSR count). The second-order valence-corrected chi connectivity index (χ2v) is 8.13. The van der Waals surface area contributed by atoms with Crippen LogP contribution in [0, 0.1) is 5.82 Å². The first-order chi connectivity index (χ1) is 14.1. The minimum Gasteiger partial charge on any atom is -0.478 e. The lowest BCUT2D eigenvalue weighted by Gasteiger charge is -2.19. The maximum atomic E-state index is 13.1. The zero-order chi connectivity index (χ0) is 20.2. The summed E-state index contributed by atoms with van der Waals surface area (Å²) in [5.74, 6) is -1.14. The van der Waals surface area contributed by atoms with Crippen molar-refractivity contribution in [3.8, 4) is 0 Å². The Kier molecular flexibility index (Phi) is 5.76. The second kappa shape index (κ2) is 8.62. The summed E-state index contributed by atoms with van der Waals surface area (Å²) in [6.07, 6.45) is 8.82. The Morgan fingerprint density at radius 1 is 1.07 bits per heavy atom. The van der Waals surface area contributed by atoms with Gasteiger partial charge in [-0.15, -0.1) is 0 Å². The monoisotopic (exact) mass is 405 g/mol. The van der Waals surface area contributed by atoms with E-state index in [1.165, 1.54) is 35.0 Å². The van der Waals surface area contributed by atoms with Gasteiger partial charge in [0.25, 0.3) is 0 Å². The summed E-state index contributed by atoms with van der Waals surface area (Å²) < 4.78 is 13.1. The fraction of sp³-hybridized carbons (Fsp3) is 0.167. The molecular formula is C24H20FNO2S. The van der Waals surface area contributed by atoms with Gasteiger partial charge >= 0.3 is 5.97 Å². The van der Waals surface area contributed by atoms with Gasteiger partial charge in [-0.2, -0.15) is 0 Å². The van der Waals surface area contributed by atoms with Crippen LogP contribution in [-0.4, -0.2) is 16.1 Å². The molecule has 0 amide bonds. The minimum absolute atomic E-state index is 0.228. The molecule has 0 bridgehead atoms. The highest BCUT2D eigenvalue weighted by atomic mass is 32.2. The van der Waals surface area contributed by atoms with Gasteiger partial charge in [-0.3, -0.25) is 4.98 Å². The van der Waals surface area contributed by atoms with Crippen LogP contribution in [-0.2, 0) is 12.8 Å². The molecule has 3 aromatic rings. The molecule has 1 N–H and O–H groups in total. The van der Waals surface area contributed by atoms with Crippen molar-refractivity contribution in [2.45, 2.75) is 35.5 Å². The molecule has 0 atom stereocenters. The number of allylic oxidation sites excluding steroid dienone is 2. The fourth-order valence-corrected chi connectivity index (χ4v) is 4.53. The van der Waals surface area contributed by atoms with Crippen molar-refractivity contribution in [1.82, 2.24) is 4.98 Å². The molecule has 0 fully saturated rings. The van der Waals surface area contributed by atoms with E-state index < -0.39 is 5.97 Å². The largest absolute Gasteiger partial charge is 0.478 e. The summed E-state index contributed by atoms with van der Waals surface area (Å²) in [6.45, 7) is 0. The highest BCUT2D eigenvalue weighted by Crippen LogP contribution is 2.35. The number of pyridine rings is 1. The smallest absolute Gasteiger partial charge is 0.336 e. The van der Waals surface area contributed by atoms with E-state index in [1.54, 1.807) is 36.2 Å². The third-order valence-corrected chi connectivity index (χ3v) is 6.07. The maximum absolute atomic E-state index is 13.1. The normalized spacial score (nSPS) is 12.9. The number of fused-ring (bicyclic) bond motifs is 1. The molecule has 3 nitrogen and oxygen atoms in total. The highest BCUT2D eigenvalue weighted by molar-refractivity contribution is 7.99. The van der Waals surface area contributed by atoms with Gasteiger partial charge in [-0.05, 0) is 90.4 Å². The summed E-state index contributed by atoms with van der Waals surface area (Å²) >= 11 is 1.63. The van der Waals surface area contributed by atoms with E-state index in [9.17, 15) is 14.3 Å². The van der Waals surface area contributed by atoms with E-state index in [0.29, 0.717) is 12.0 Å². The minimum atomic E-state index is -0.914. The van der Waals surface area contributed by atoms with Crippen LogP contribution >= 0.6 is 11.8 Å². The molecular weight excluding hydrogens is 385 g/mol. The molecule has 0 aliphatic heterocycles. The van der Waals surface area contributed by atoms with E-state index >= 15 is 0 Å². The number of carboxylic acids is 1.